The zero-order valence-corrected chi connectivity index (χ0v) is 77.9. The Morgan fingerprint density at radius 2 is 0.508 bits per heavy atom. The van der Waals surface area contributed by atoms with Crippen molar-refractivity contribution in [1.82, 2.24) is 4.90 Å². The maximum absolute atomic E-state index is 12.4. The summed E-state index contributed by atoms with van der Waals surface area (Å²) in [6.07, 6.45) is -21.5. The molecule has 0 amide bonds. The molecule has 1 saturated carbocycles. The van der Waals surface area contributed by atoms with Crippen LogP contribution in [0.5, 0.6) is 40.2 Å². The smallest absolute Gasteiger partial charge is 0.420 e. The maximum Gasteiger partial charge on any atom is 0.420 e. The van der Waals surface area contributed by atoms with Crippen molar-refractivity contribution < 1.29 is 116 Å². The fourth-order valence-corrected chi connectivity index (χ4v) is 11.9. The molecule has 1 spiro atoms. The van der Waals surface area contributed by atoms with Crippen LogP contribution in [0.15, 0.2) is 194 Å². The molecule has 0 aromatic heterocycles. The Hall–Kier alpha value is -8.96. The van der Waals surface area contributed by atoms with Gasteiger partial charge in [-0.05, 0) is 236 Å². The third-order valence-electron chi connectivity index (χ3n) is 20.7. The van der Waals surface area contributed by atoms with E-state index in [2.05, 4.69) is 145 Å². The molecule has 6 N–H and O–H groups in total. The van der Waals surface area contributed by atoms with Crippen molar-refractivity contribution in [2.45, 2.75) is 265 Å². The van der Waals surface area contributed by atoms with Crippen LogP contribution in [0.25, 0.3) is 0 Å². The van der Waals surface area contributed by atoms with Gasteiger partial charge in [0.05, 0.1) is 18.3 Å². The van der Waals surface area contributed by atoms with E-state index in [-0.39, 0.29) is 0 Å². The number of aliphatic hydroxyl groups is 6. The number of alkyl halides is 12. The molecule has 6 atom stereocenters. The normalized spacial score (nSPS) is 15.5. The first kappa shape index (κ1) is 111. The number of hydrogen-bond donors (Lipinski definition) is 6. The first-order valence-electron chi connectivity index (χ1n) is 43.5. The van der Waals surface area contributed by atoms with E-state index in [0.717, 1.165) is 39.5 Å². The lowest BCUT2D eigenvalue weighted by Crippen LogP contribution is -2.71. The SMILES string of the molecule is CC(C)c1ccc(N2CC3(CN(C)C3)C2)cc1.CC(C)c1ccc(OC2CC2)cc1.CC(C)c1ccc(OC[C@@H](C)O)cc1.CC(C)c1ccc(OC[C@@H](O)C(F)(F)F)cc1.CC(C)c1ccc(OC[C@@](C)(O)C(F)(F)F)cc1.CC(C)c1ccc(OC[C@H](C)O)cc1.CC(C)c1ccc(OC[C@H](O)C(F)(F)F)cc1.CC(C)c1ccc(OC[C@](C)(O)C(F)(F)F)cc1. The minimum absolute atomic E-state index is 0.309. The number of nitrogens with zero attached hydrogens (tertiary/aromatic N) is 2. The molecule has 27 heteroatoms. The molecule has 3 aliphatic rings. The van der Waals surface area contributed by atoms with E-state index in [0.29, 0.717) is 109 Å². The summed E-state index contributed by atoms with van der Waals surface area (Å²) in [6.45, 7) is 41.0. The number of likely N-dealkylation sites (tertiary alicyclic amines) is 1. The summed E-state index contributed by atoms with van der Waals surface area (Å²) in [5.41, 5.74) is 6.06. The van der Waals surface area contributed by atoms with Crippen LogP contribution >= 0.6 is 0 Å². The fourth-order valence-electron chi connectivity index (χ4n) is 11.9. The van der Waals surface area contributed by atoms with Gasteiger partial charge in [0.2, 0.25) is 0 Å². The van der Waals surface area contributed by atoms with Crippen LogP contribution in [-0.4, -0.2) is 175 Å². The number of rotatable bonds is 29. The average Bonchev–Trinajstić information content (AvgIpc) is 0.765. The van der Waals surface area contributed by atoms with E-state index in [1.165, 1.54) is 67.0 Å². The van der Waals surface area contributed by atoms with Crippen molar-refractivity contribution in [3.05, 3.63) is 239 Å². The zero-order valence-electron chi connectivity index (χ0n) is 77.9. The molecule has 15 nitrogen and oxygen atoms in total. The highest BCUT2D eigenvalue weighted by molar-refractivity contribution is 5.52. The summed E-state index contributed by atoms with van der Waals surface area (Å²) in [4.78, 5) is 4.93. The van der Waals surface area contributed by atoms with Crippen LogP contribution in [0.2, 0.25) is 0 Å². The van der Waals surface area contributed by atoms with Crippen LogP contribution in [0.4, 0.5) is 58.4 Å². The van der Waals surface area contributed by atoms with E-state index in [1.807, 2.05) is 79.7 Å². The van der Waals surface area contributed by atoms with E-state index < -0.39 is 86.8 Å². The number of hydrogen-bond acceptors (Lipinski definition) is 15. The van der Waals surface area contributed by atoms with Gasteiger partial charge in [0, 0.05) is 37.3 Å². The highest BCUT2D eigenvalue weighted by Gasteiger charge is 2.52. The van der Waals surface area contributed by atoms with Crippen molar-refractivity contribution in [2.24, 2.45) is 5.41 Å². The molecule has 8 aromatic rings. The second kappa shape index (κ2) is 51.6. The molecule has 714 valence electrons. The summed E-state index contributed by atoms with van der Waals surface area (Å²) in [7, 11) is 2.21. The van der Waals surface area contributed by atoms with Crippen molar-refractivity contribution in [2.75, 3.05) is 77.8 Å². The number of anilines is 1. The monoisotopic (exact) mass is 1820 g/mol. The van der Waals surface area contributed by atoms with Gasteiger partial charge >= 0.3 is 24.7 Å². The standard InChI is InChI=1S/C15H22N2.2C13H17F3O2.2C12H15F3O2.2C12H18O2.C12H16O/c1-12(2)13-4-6-14(7-5-13)17-10-15(11-17)8-16(3)9-15;2*1-9(2)10-4-6-11(7-5-10)18-8-12(3,17)13(14,15)16;2*1-8(2)9-3-5-10(6-4-9)17-7-11(16)12(13,14)15;2*1-9(2)11-4-6-12(7-5-11)14-8-10(3)13;1-9(2)10-3-5-11(6-4-10)13-12-7-8-12/h4-7,12H,8-11H2,1-3H3;2*4-7,9,17H,8H2,1-3H3;2*3-6,8,11,16H,7H2,1-2H3;2*4-7,9-10,13H,8H2,1-3H3;3-6,9,12H,7-8H2,1-2H3/t;2*12-;2*11-;2*10-;/m.101010./s1. The third kappa shape index (κ3) is 41.0. The predicted molar refractivity (Wildman–Crippen MR) is 484 cm³/mol. The molecule has 3 fully saturated rings. The summed E-state index contributed by atoms with van der Waals surface area (Å²) in [5.74, 6) is 7.62. The van der Waals surface area contributed by atoms with Crippen molar-refractivity contribution in [3.8, 4) is 40.2 Å². The van der Waals surface area contributed by atoms with Gasteiger partial charge in [-0.1, -0.05) is 208 Å². The molecule has 1 aliphatic carbocycles. The average molecular weight is 1820 g/mol. The second-order valence-electron chi connectivity index (χ2n) is 35.8. The lowest BCUT2D eigenvalue weighted by Gasteiger charge is -2.60. The highest BCUT2D eigenvalue weighted by atomic mass is 19.4. The maximum atomic E-state index is 12.4. The van der Waals surface area contributed by atoms with Gasteiger partial charge in [-0.2, -0.15) is 52.7 Å². The van der Waals surface area contributed by atoms with E-state index in [9.17, 15) is 62.9 Å². The first-order valence-corrected chi connectivity index (χ1v) is 43.5. The van der Waals surface area contributed by atoms with Gasteiger partial charge in [-0.25, -0.2) is 0 Å². The molecule has 0 radical (unpaired) electrons. The molecule has 2 aliphatic heterocycles. The van der Waals surface area contributed by atoms with Crippen LogP contribution in [0.3, 0.4) is 0 Å². The molecule has 128 heavy (non-hydrogen) atoms. The molecule has 11 rings (SSSR count). The number of halogens is 12. The predicted octanol–water partition coefficient (Wildman–Crippen LogP) is 24.3. The minimum atomic E-state index is -4.70. The largest absolute Gasteiger partial charge is 0.491 e. The topological polar surface area (TPSA) is 192 Å². The molecular formula is C101H138F12N2O13. The lowest BCUT2D eigenvalue weighted by atomic mass is 9.73. The lowest BCUT2D eigenvalue weighted by molar-refractivity contribution is -0.260. The Labute approximate surface area is 750 Å². The Kier molecular flexibility index (Phi) is 44.9. The van der Waals surface area contributed by atoms with Gasteiger partial charge < -0.3 is 73.6 Å². The van der Waals surface area contributed by atoms with E-state index in [1.54, 1.807) is 111 Å². The summed E-state index contributed by atoms with van der Waals surface area (Å²) in [6, 6.07) is 60.7. The quantitative estimate of drug-likeness (QED) is 0.0242. The number of benzene rings is 8. The van der Waals surface area contributed by atoms with Crippen molar-refractivity contribution in [1.29, 1.82) is 0 Å². The third-order valence-corrected chi connectivity index (χ3v) is 20.7. The molecular weight excluding hydrogens is 1680 g/mol. The number of ether oxygens (including phenoxy) is 7. The molecule has 2 saturated heterocycles. The van der Waals surface area contributed by atoms with Gasteiger partial charge in [-0.15, -0.1) is 0 Å². The van der Waals surface area contributed by atoms with Crippen molar-refractivity contribution in [3.63, 3.8) is 0 Å². The molecule has 0 bridgehead atoms. The van der Waals surface area contributed by atoms with E-state index >= 15 is 0 Å². The van der Waals surface area contributed by atoms with E-state index in [4.69, 9.17) is 53.6 Å². The first-order chi connectivity index (χ1) is 59.4. The van der Waals surface area contributed by atoms with Crippen LogP contribution in [0.1, 0.15) is 243 Å². The van der Waals surface area contributed by atoms with Gasteiger partial charge in [0.1, 0.15) is 79.9 Å². The Bertz CT molecular complexity index is 4120. The molecule has 0 unspecified atom stereocenters. The van der Waals surface area contributed by atoms with Gasteiger partial charge in [0.25, 0.3) is 0 Å². The Morgan fingerprint density at radius 1 is 0.305 bits per heavy atom. The minimum Gasteiger partial charge on any atom is -0.491 e. The second-order valence-corrected chi connectivity index (χ2v) is 35.8. The fraction of sp³-hybridized carbons (Fsp3) is 0.525. The summed E-state index contributed by atoms with van der Waals surface area (Å²) >= 11 is 0. The highest BCUT2D eigenvalue weighted by Crippen LogP contribution is 2.42. The van der Waals surface area contributed by atoms with Crippen LogP contribution in [-0.2, 0) is 0 Å². The summed E-state index contributed by atoms with van der Waals surface area (Å²) < 4.78 is 182. The van der Waals surface area contributed by atoms with Crippen LogP contribution < -0.4 is 38.1 Å². The Balaban J connectivity index is 0.000000307. The molecule has 8 aromatic carbocycles. The van der Waals surface area contributed by atoms with Gasteiger partial charge in [-0.3, -0.25) is 0 Å². The van der Waals surface area contributed by atoms with Crippen molar-refractivity contribution >= 4 is 5.69 Å². The Morgan fingerprint density at radius 3 is 0.695 bits per heavy atom. The molecule has 2 heterocycles. The zero-order chi connectivity index (χ0) is 96.5. The summed E-state index contributed by atoms with van der Waals surface area (Å²) in [5, 5.41) is 54.0. The van der Waals surface area contributed by atoms with Crippen LogP contribution in [0, 0.1) is 5.41 Å². The number of aliphatic hydroxyl groups excluding tert-OH is 4. The van der Waals surface area contributed by atoms with Gasteiger partial charge in [0.15, 0.2) is 23.4 Å².